The molecular formula is C21H20N10O7S3. The van der Waals surface area contributed by atoms with E-state index in [2.05, 4.69) is 54.2 Å². The van der Waals surface area contributed by atoms with E-state index in [0.717, 1.165) is 21.5 Å². The predicted octanol–water partition coefficient (Wildman–Crippen LogP) is 4.80. The Morgan fingerprint density at radius 3 is 2.12 bits per heavy atom. The summed E-state index contributed by atoms with van der Waals surface area (Å²) < 4.78 is 14.1. The monoisotopic (exact) mass is 620 g/mol. The van der Waals surface area contributed by atoms with Gasteiger partial charge in [0.15, 0.2) is 6.29 Å². The summed E-state index contributed by atoms with van der Waals surface area (Å²) in [4.78, 5) is 62.6. The summed E-state index contributed by atoms with van der Waals surface area (Å²) in [5, 5.41) is 6.16. The lowest BCUT2D eigenvalue weighted by Crippen LogP contribution is -2.02. The maximum atomic E-state index is 11.1. The Bertz CT molecular complexity index is 1490. The molecule has 41 heavy (non-hydrogen) atoms. The molecule has 0 spiro atoms. The van der Waals surface area contributed by atoms with Crippen molar-refractivity contribution >= 4 is 74.6 Å². The van der Waals surface area contributed by atoms with Gasteiger partial charge in [0.05, 0.1) is 47.4 Å². The third kappa shape index (κ3) is 13.0. The van der Waals surface area contributed by atoms with Crippen LogP contribution in [0.15, 0.2) is 50.9 Å². The van der Waals surface area contributed by atoms with Crippen molar-refractivity contribution < 1.29 is 33.4 Å². The SMILES string of the molecule is COC(=O)/C(=C/c1cncs1)N=[N+]=[N-].COC(=O)CN=[N+]=[N-].COC(=O)c1cc2scnc2[nH]1.O=Cc1cncs1. The smallest absolute Gasteiger partial charge is 0.354 e. The largest absolute Gasteiger partial charge is 0.469 e. The molecule has 0 fully saturated rings. The summed E-state index contributed by atoms with van der Waals surface area (Å²) in [6, 6.07) is 1.73. The minimum Gasteiger partial charge on any atom is -0.469 e. The zero-order valence-electron chi connectivity index (χ0n) is 21.4. The van der Waals surface area contributed by atoms with Crippen molar-refractivity contribution in [3.8, 4) is 0 Å². The Balaban J connectivity index is 0.000000284. The van der Waals surface area contributed by atoms with E-state index < -0.39 is 11.9 Å². The average Bonchev–Trinajstić information content (AvgIpc) is 3.81. The molecule has 0 saturated carbocycles. The van der Waals surface area contributed by atoms with E-state index in [1.807, 2.05) is 0 Å². The van der Waals surface area contributed by atoms with Gasteiger partial charge in [0.1, 0.15) is 23.6 Å². The van der Waals surface area contributed by atoms with Gasteiger partial charge in [-0.25, -0.2) is 14.6 Å². The van der Waals surface area contributed by atoms with E-state index in [9.17, 15) is 19.2 Å². The van der Waals surface area contributed by atoms with Gasteiger partial charge in [-0.1, -0.05) is 10.2 Å². The summed E-state index contributed by atoms with van der Waals surface area (Å²) in [5.74, 6) is -1.56. The first-order chi connectivity index (χ1) is 19.8. The summed E-state index contributed by atoms with van der Waals surface area (Å²) in [5.41, 5.74) is 21.9. The number of fused-ring (bicyclic) bond motifs is 1. The van der Waals surface area contributed by atoms with Gasteiger partial charge in [0.25, 0.3) is 0 Å². The molecule has 0 unspecified atom stereocenters. The lowest BCUT2D eigenvalue weighted by Gasteiger charge is -1.95. The van der Waals surface area contributed by atoms with Crippen LogP contribution in [0.25, 0.3) is 37.3 Å². The molecule has 17 nitrogen and oxygen atoms in total. The fourth-order valence-electron chi connectivity index (χ4n) is 2.12. The summed E-state index contributed by atoms with van der Waals surface area (Å²) >= 11 is 4.16. The standard InChI is InChI=1S/C7H6N4O2S.C7H6N2O2S.C4H3NOS.C3H5N3O2/c1-13-7(12)6(10-11-8)2-5-3-9-4-14-5;1-11-7(10)4-2-5-6(9-4)8-3-12-5;6-2-4-1-5-3-7-4;1-8-3(7)2-5-6-4/h2-4H,1H3;2-3,9H,1H3;1-3H;2H2,1H3/b6-2-;;;. The van der Waals surface area contributed by atoms with Gasteiger partial charge in [0, 0.05) is 27.1 Å². The molecule has 4 rings (SSSR count). The number of aromatic amines is 1. The number of carbonyl (C=O) groups excluding carboxylic acids is 4. The number of hydrogen-bond acceptors (Lipinski definition) is 15. The number of ether oxygens (including phenoxy) is 3. The van der Waals surface area contributed by atoms with E-state index in [1.165, 1.54) is 67.6 Å². The molecule has 0 aromatic carbocycles. The van der Waals surface area contributed by atoms with Gasteiger partial charge in [-0.15, -0.1) is 34.0 Å². The highest BCUT2D eigenvalue weighted by Crippen LogP contribution is 2.18. The van der Waals surface area contributed by atoms with Crippen LogP contribution in [0.2, 0.25) is 0 Å². The number of H-pyrrole nitrogens is 1. The first-order valence-electron chi connectivity index (χ1n) is 10.5. The summed E-state index contributed by atoms with van der Waals surface area (Å²) in [6.45, 7) is -0.229. The molecule has 20 heteroatoms. The van der Waals surface area contributed by atoms with Crippen molar-refractivity contribution in [3.05, 3.63) is 77.0 Å². The van der Waals surface area contributed by atoms with Gasteiger partial charge in [0.2, 0.25) is 0 Å². The maximum absolute atomic E-state index is 11.1. The van der Waals surface area contributed by atoms with E-state index in [4.69, 9.17) is 11.1 Å². The first kappa shape index (κ1) is 33.9. The van der Waals surface area contributed by atoms with Crippen molar-refractivity contribution in [1.29, 1.82) is 0 Å². The van der Waals surface area contributed by atoms with Crippen LogP contribution in [0.4, 0.5) is 0 Å². The molecule has 0 radical (unpaired) electrons. The number of thiazole rings is 3. The molecule has 0 aliphatic carbocycles. The van der Waals surface area contributed by atoms with Crippen molar-refractivity contribution in [2.45, 2.75) is 0 Å². The fourth-order valence-corrected chi connectivity index (χ4v) is 3.76. The Labute approximate surface area is 242 Å². The molecule has 0 bridgehead atoms. The number of aldehydes is 1. The Kier molecular flexibility index (Phi) is 16.4. The lowest BCUT2D eigenvalue weighted by atomic mass is 10.4. The van der Waals surface area contributed by atoms with Crippen LogP contribution in [-0.4, -0.2) is 72.0 Å². The topological polar surface area (TPSA) is 248 Å². The molecule has 4 aromatic heterocycles. The number of rotatable bonds is 7. The van der Waals surface area contributed by atoms with Crippen molar-refractivity contribution in [2.24, 2.45) is 10.2 Å². The number of aromatic nitrogens is 4. The van der Waals surface area contributed by atoms with Gasteiger partial charge in [-0.05, 0) is 23.2 Å². The van der Waals surface area contributed by atoms with Crippen LogP contribution in [0.5, 0.6) is 0 Å². The second kappa shape index (κ2) is 19.9. The zero-order chi connectivity index (χ0) is 30.5. The lowest BCUT2D eigenvalue weighted by molar-refractivity contribution is -0.139. The van der Waals surface area contributed by atoms with Crippen molar-refractivity contribution in [1.82, 2.24) is 19.9 Å². The van der Waals surface area contributed by atoms with E-state index in [1.54, 1.807) is 28.8 Å². The second-order valence-corrected chi connectivity index (χ2v) is 9.06. The Morgan fingerprint density at radius 2 is 1.66 bits per heavy atom. The fraction of sp³-hybridized carbons (Fsp3) is 0.190. The van der Waals surface area contributed by atoms with E-state index in [0.29, 0.717) is 10.6 Å². The summed E-state index contributed by atoms with van der Waals surface area (Å²) in [6.07, 6.45) is 5.30. The molecule has 0 aliphatic heterocycles. The third-order valence-electron chi connectivity index (χ3n) is 3.86. The number of nitrogens with one attached hydrogen (secondary N) is 1. The molecule has 0 saturated heterocycles. The third-order valence-corrected chi connectivity index (χ3v) is 6.06. The highest BCUT2D eigenvalue weighted by atomic mass is 32.1. The Morgan fingerprint density at radius 1 is 0.976 bits per heavy atom. The molecule has 1 N–H and O–H groups in total. The number of esters is 3. The van der Waals surface area contributed by atoms with Crippen LogP contribution in [0, 0.1) is 0 Å². The predicted molar refractivity (Wildman–Crippen MR) is 150 cm³/mol. The second-order valence-electron chi connectivity index (χ2n) is 6.34. The van der Waals surface area contributed by atoms with E-state index in [-0.39, 0.29) is 18.2 Å². The van der Waals surface area contributed by atoms with Crippen LogP contribution in [0.3, 0.4) is 0 Å². The first-order valence-corrected chi connectivity index (χ1v) is 13.1. The van der Waals surface area contributed by atoms with Gasteiger partial charge >= 0.3 is 17.9 Å². The van der Waals surface area contributed by atoms with E-state index >= 15 is 0 Å². The zero-order valence-corrected chi connectivity index (χ0v) is 23.9. The molecule has 214 valence electrons. The minimum atomic E-state index is -0.670. The van der Waals surface area contributed by atoms with Crippen molar-refractivity contribution in [3.63, 3.8) is 0 Å². The van der Waals surface area contributed by atoms with Crippen LogP contribution in [0.1, 0.15) is 25.0 Å². The number of hydrogen-bond donors (Lipinski definition) is 1. The Hall–Kier alpha value is -5.13. The average molecular weight is 621 g/mol. The number of azide groups is 2. The highest BCUT2D eigenvalue weighted by molar-refractivity contribution is 7.16. The molecule has 0 atom stereocenters. The quantitative estimate of drug-likeness (QED) is 0.0561. The normalized spacial score (nSPS) is 9.49. The summed E-state index contributed by atoms with van der Waals surface area (Å²) in [7, 11) is 3.80. The molecule has 0 aliphatic rings. The molecule has 0 amide bonds. The maximum Gasteiger partial charge on any atom is 0.354 e. The highest BCUT2D eigenvalue weighted by Gasteiger charge is 2.10. The molecule has 4 heterocycles. The van der Waals surface area contributed by atoms with Crippen LogP contribution >= 0.6 is 34.0 Å². The van der Waals surface area contributed by atoms with Gasteiger partial charge in [-0.3, -0.25) is 19.6 Å². The minimum absolute atomic E-state index is 0.0840. The number of carbonyl (C=O) groups is 4. The van der Waals surface area contributed by atoms with Crippen LogP contribution in [-0.2, 0) is 23.8 Å². The van der Waals surface area contributed by atoms with Gasteiger partial charge < -0.3 is 19.2 Å². The number of nitrogens with zero attached hydrogens (tertiary/aromatic N) is 9. The van der Waals surface area contributed by atoms with Crippen molar-refractivity contribution in [2.75, 3.05) is 27.9 Å². The van der Waals surface area contributed by atoms with Crippen LogP contribution < -0.4 is 0 Å². The van der Waals surface area contributed by atoms with Gasteiger partial charge in [-0.2, -0.15) is 0 Å². The molecular weight excluding hydrogens is 600 g/mol. The molecule has 4 aromatic rings. The number of methoxy groups -OCH3 is 3.